The quantitative estimate of drug-likeness (QED) is 0.797. The van der Waals surface area contributed by atoms with Gasteiger partial charge >= 0.3 is 0 Å². The van der Waals surface area contributed by atoms with Crippen LogP contribution in [0, 0.1) is 0 Å². The Bertz CT molecular complexity index is 484. The largest absolute Gasteiger partial charge is 0.480 e. The van der Waals surface area contributed by atoms with Crippen molar-refractivity contribution in [3.8, 4) is 5.75 Å². The van der Waals surface area contributed by atoms with Crippen LogP contribution in [-0.2, 0) is 4.79 Å². The highest BCUT2D eigenvalue weighted by Gasteiger charge is 2.25. The third-order valence-electron chi connectivity index (χ3n) is 3.20. The van der Waals surface area contributed by atoms with Crippen LogP contribution in [0.1, 0.15) is 30.1 Å². The minimum Gasteiger partial charge on any atom is -0.480 e. The number of nitrogens with zero attached hydrogens (tertiary/aromatic N) is 1. The van der Waals surface area contributed by atoms with E-state index < -0.39 is 6.10 Å². The topological polar surface area (TPSA) is 46.6 Å². The van der Waals surface area contributed by atoms with E-state index in [4.69, 9.17) is 16.3 Å². The second-order valence-electron chi connectivity index (χ2n) is 4.56. The van der Waals surface area contributed by atoms with Gasteiger partial charge in [-0.2, -0.15) is 0 Å². The number of amides is 1. The number of hydrogen-bond acceptors (Lipinski definition) is 3. The van der Waals surface area contributed by atoms with Crippen LogP contribution in [0.2, 0.25) is 5.02 Å². The molecule has 0 radical (unpaired) electrons. The number of benzene rings is 1. The third kappa shape index (κ3) is 3.07. The Labute approximate surface area is 117 Å². The molecule has 1 heterocycles. The van der Waals surface area contributed by atoms with Crippen LogP contribution in [0.3, 0.4) is 0 Å². The molecule has 1 aliphatic rings. The van der Waals surface area contributed by atoms with Gasteiger partial charge in [0, 0.05) is 13.1 Å². The summed E-state index contributed by atoms with van der Waals surface area (Å²) >= 11 is 5.91. The van der Waals surface area contributed by atoms with E-state index >= 15 is 0 Å². The number of hydrogen-bond donors (Lipinski definition) is 0. The first-order valence-corrected chi connectivity index (χ1v) is 6.70. The molecule has 19 heavy (non-hydrogen) atoms. The highest BCUT2D eigenvalue weighted by Crippen LogP contribution is 2.25. The lowest BCUT2D eigenvalue weighted by atomic mass is 10.2. The van der Waals surface area contributed by atoms with Crippen LogP contribution in [0.5, 0.6) is 5.75 Å². The summed E-state index contributed by atoms with van der Waals surface area (Å²) in [5, 5.41) is 0.327. The fourth-order valence-corrected chi connectivity index (χ4v) is 2.38. The lowest BCUT2D eigenvalue weighted by molar-refractivity contribution is -0.136. The number of halogens is 1. The summed E-state index contributed by atoms with van der Waals surface area (Å²) in [5.41, 5.74) is 0.283. The maximum Gasteiger partial charge on any atom is 0.263 e. The number of ether oxygens (including phenoxy) is 1. The van der Waals surface area contributed by atoms with Crippen molar-refractivity contribution in [3.05, 3.63) is 28.8 Å². The predicted octanol–water partition coefficient (Wildman–Crippen LogP) is 2.54. The maximum atomic E-state index is 12.1. The molecule has 1 atom stereocenters. The fourth-order valence-electron chi connectivity index (χ4n) is 2.17. The standard InChI is InChI=1S/C14H16ClNO3/c1-10(14(18)16-7-2-3-8-16)19-13-6-4-5-12(15)11(13)9-17/h4-6,9-10H,2-3,7-8H2,1H3. The normalized spacial score (nSPS) is 16.2. The molecule has 1 aromatic carbocycles. The summed E-state index contributed by atoms with van der Waals surface area (Å²) in [6, 6.07) is 4.95. The van der Waals surface area contributed by atoms with Crippen LogP contribution < -0.4 is 4.74 Å². The average molecular weight is 282 g/mol. The van der Waals surface area contributed by atoms with Crippen molar-refractivity contribution in [1.29, 1.82) is 0 Å². The Morgan fingerprint density at radius 2 is 2.11 bits per heavy atom. The van der Waals surface area contributed by atoms with E-state index in [1.54, 1.807) is 30.0 Å². The van der Waals surface area contributed by atoms with Crippen molar-refractivity contribution in [1.82, 2.24) is 4.90 Å². The van der Waals surface area contributed by atoms with Gasteiger partial charge in [-0.05, 0) is 31.9 Å². The summed E-state index contributed by atoms with van der Waals surface area (Å²) in [7, 11) is 0. The molecule has 102 valence electrons. The number of aldehydes is 1. The van der Waals surface area contributed by atoms with Gasteiger partial charge in [-0.25, -0.2) is 0 Å². The van der Waals surface area contributed by atoms with Crippen molar-refractivity contribution in [3.63, 3.8) is 0 Å². The van der Waals surface area contributed by atoms with Crippen LogP contribution in [0.15, 0.2) is 18.2 Å². The SMILES string of the molecule is CC(Oc1cccc(Cl)c1C=O)C(=O)N1CCCC1. The number of carbonyl (C=O) groups is 2. The van der Waals surface area contributed by atoms with E-state index in [-0.39, 0.29) is 11.5 Å². The number of carbonyl (C=O) groups excluding carboxylic acids is 2. The highest BCUT2D eigenvalue weighted by molar-refractivity contribution is 6.33. The predicted molar refractivity (Wildman–Crippen MR) is 72.7 cm³/mol. The van der Waals surface area contributed by atoms with Crippen molar-refractivity contribution in [2.24, 2.45) is 0 Å². The van der Waals surface area contributed by atoms with Gasteiger partial charge < -0.3 is 9.64 Å². The van der Waals surface area contributed by atoms with Crippen molar-refractivity contribution in [2.75, 3.05) is 13.1 Å². The molecular weight excluding hydrogens is 266 g/mol. The minimum absolute atomic E-state index is 0.0469. The molecule has 0 saturated carbocycles. The minimum atomic E-state index is -0.615. The summed E-state index contributed by atoms with van der Waals surface area (Å²) < 4.78 is 5.58. The van der Waals surface area contributed by atoms with E-state index in [9.17, 15) is 9.59 Å². The van der Waals surface area contributed by atoms with E-state index in [1.165, 1.54) is 0 Å². The van der Waals surface area contributed by atoms with Gasteiger partial charge in [0.2, 0.25) is 0 Å². The maximum absolute atomic E-state index is 12.1. The zero-order chi connectivity index (χ0) is 13.8. The molecule has 4 nitrogen and oxygen atoms in total. The molecule has 2 rings (SSSR count). The lowest BCUT2D eigenvalue weighted by Crippen LogP contribution is -2.38. The first-order valence-electron chi connectivity index (χ1n) is 6.32. The van der Waals surface area contributed by atoms with Crippen molar-refractivity contribution in [2.45, 2.75) is 25.9 Å². The van der Waals surface area contributed by atoms with Gasteiger partial charge in [0.05, 0.1) is 10.6 Å². The zero-order valence-corrected chi connectivity index (χ0v) is 11.5. The molecule has 1 saturated heterocycles. The Hall–Kier alpha value is -1.55. The molecular formula is C14H16ClNO3. The molecule has 1 unspecified atom stereocenters. The van der Waals surface area contributed by atoms with Crippen LogP contribution >= 0.6 is 11.6 Å². The van der Waals surface area contributed by atoms with Crippen molar-refractivity contribution >= 4 is 23.8 Å². The molecule has 0 bridgehead atoms. The van der Waals surface area contributed by atoms with E-state index in [1.807, 2.05) is 0 Å². The molecule has 0 aliphatic carbocycles. The lowest BCUT2D eigenvalue weighted by Gasteiger charge is -2.21. The van der Waals surface area contributed by atoms with E-state index in [0.717, 1.165) is 25.9 Å². The van der Waals surface area contributed by atoms with Crippen molar-refractivity contribution < 1.29 is 14.3 Å². The second-order valence-corrected chi connectivity index (χ2v) is 4.97. The number of likely N-dealkylation sites (tertiary alicyclic amines) is 1. The Morgan fingerprint density at radius 1 is 1.42 bits per heavy atom. The summed E-state index contributed by atoms with van der Waals surface area (Å²) in [4.78, 5) is 24.9. The van der Waals surface area contributed by atoms with Gasteiger partial charge in [0.1, 0.15) is 5.75 Å². The molecule has 5 heteroatoms. The summed E-state index contributed by atoms with van der Waals surface area (Å²) in [6.45, 7) is 3.25. The number of rotatable bonds is 4. The highest BCUT2D eigenvalue weighted by atomic mass is 35.5. The summed E-state index contributed by atoms with van der Waals surface area (Å²) in [5.74, 6) is 0.303. The molecule has 0 aromatic heterocycles. The van der Waals surface area contributed by atoms with Gasteiger partial charge in [0.15, 0.2) is 12.4 Å². The molecule has 1 aliphatic heterocycles. The second kappa shape index (κ2) is 6.06. The zero-order valence-electron chi connectivity index (χ0n) is 10.8. The third-order valence-corrected chi connectivity index (χ3v) is 3.53. The Kier molecular flexibility index (Phi) is 4.43. The van der Waals surface area contributed by atoms with Crippen LogP contribution in [0.4, 0.5) is 0 Å². The van der Waals surface area contributed by atoms with Crippen LogP contribution in [0.25, 0.3) is 0 Å². The first-order chi connectivity index (χ1) is 9.13. The average Bonchev–Trinajstić information content (AvgIpc) is 2.92. The van der Waals surface area contributed by atoms with Gasteiger partial charge in [-0.15, -0.1) is 0 Å². The van der Waals surface area contributed by atoms with Gasteiger partial charge in [-0.1, -0.05) is 17.7 Å². The van der Waals surface area contributed by atoms with Crippen LogP contribution in [-0.4, -0.2) is 36.3 Å². The smallest absolute Gasteiger partial charge is 0.263 e. The Morgan fingerprint density at radius 3 is 2.74 bits per heavy atom. The fraction of sp³-hybridized carbons (Fsp3) is 0.429. The molecule has 0 spiro atoms. The molecule has 1 aromatic rings. The molecule has 1 fully saturated rings. The first kappa shape index (κ1) is 13.9. The van der Waals surface area contributed by atoms with Gasteiger partial charge in [0.25, 0.3) is 5.91 Å². The Balaban J connectivity index is 2.10. The molecule has 0 N–H and O–H groups in total. The monoisotopic (exact) mass is 281 g/mol. The molecule has 1 amide bonds. The van der Waals surface area contributed by atoms with Gasteiger partial charge in [-0.3, -0.25) is 9.59 Å². The summed E-state index contributed by atoms with van der Waals surface area (Å²) in [6.07, 6.45) is 2.10. The van der Waals surface area contributed by atoms with E-state index in [2.05, 4.69) is 0 Å². The van der Waals surface area contributed by atoms with E-state index in [0.29, 0.717) is 17.1 Å².